The molecule has 7 nitrogen and oxygen atoms in total. The van der Waals surface area contributed by atoms with E-state index < -0.39 is 0 Å². The molecule has 1 atom stereocenters. The van der Waals surface area contributed by atoms with E-state index in [0.717, 1.165) is 56.1 Å². The van der Waals surface area contributed by atoms with E-state index >= 15 is 0 Å². The van der Waals surface area contributed by atoms with Gasteiger partial charge in [-0.25, -0.2) is 9.50 Å². The number of nitrogens with two attached hydrogens (primary N) is 1. The predicted molar refractivity (Wildman–Crippen MR) is 114 cm³/mol. The molecule has 1 aliphatic heterocycles. The maximum atomic E-state index is 6.25. The van der Waals surface area contributed by atoms with Crippen LogP contribution in [0.2, 0.25) is 0 Å². The summed E-state index contributed by atoms with van der Waals surface area (Å²) in [7, 11) is 1.70. The number of benzene rings is 1. The van der Waals surface area contributed by atoms with Gasteiger partial charge in [-0.15, -0.1) is 11.3 Å². The van der Waals surface area contributed by atoms with Gasteiger partial charge in [-0.05, 0) is 42.5 Å². The highest BCUT2D eigenvalue weighted by molar-refractivity contribution is 7.22. The molecule has 1 aliphatic rings. The van der Waals surface area contributed by atoms with Crippen molar-refractivity contribution in [2.45, 2.75) is 26.1 Å². The Labute approximate surface area is 172 Å². The zero-order valence-electron chi connectivity index (χ0n) is 16.3. The number of aromatic nitrogens is 3. The number of fused-ring (bicyclic) bond motifs is 2. The van der Waals surface area contributed by atoms with E-state index in [2.05, 4.69) is 41.3 Å². The number of rotatable bonds is 5. The Morgan fingerprint density at radius 1 is 1.31 bits per heavy atom. The highest BCUT2D eigenvalue weighted by Gasteiger charge is 2.21. The van der Waals surface area contributed by atoms with Gasteiger partial charge in [-0.2, -0.15) is 5.10 Å². The van der Waals surface area contributed by atoms with Gasteiger partial charge in [0.2, 0.25) is 0 Å². The number of ether oxygens (including phenoxy) is 3. The number of hydrogen-bond donors (Lipinski definition) is 1. The Kier molecular flexibility index (Phi) is 4.61. The van der Waals surface area contributed by atoms with Crippen molar-refractivity contribution in [2.75, 3.05) is 26.1 Å². The fraction of sp³-hybridized carbons (Fsp3) is 0.333. The van der Waals surface area contributed by atoms with Gasteiger partial charge in [-0.1, -0.05) is 6.07 Å². The van der Waals surface area contributed by atoms with E-state index in [4.69, 9.17) is 19.9 Å². The summed E-state index contributed by atoms with van der Waals surface area (Å²) < 4.78 is 20.0. The minimum atomic E-state index is 0.125. The molecule has 8 heteroatoms. The molecule has 1 unspecified atom stereocenters. The SMILES string of the molecule is COc1cc(C)cc2cc(-c3cc(COC4CCOC4)n4ncnc(N)c34)sc12. The molecule has 150 valence electrons. The first-order valence-electron chi connectivity index (χ1n) is 9.53. The maximum absolute atomic E-state index is 6.25. The molecule has 4 heterocycles. The topological polar surface area (TPSA) is 83.9 Å². The van der Waals surface area contributed by atoms with Crippen molar-refractivity contribution in [2.24, 2.45) is 0 Å². The van der Waals surface area contributed by atoms with Gasteiger partial charge in [0.25, 0.3) is 0 Å². The van der Waals surface area contributed by atoms with Gasteiger partial charge in [0.05, 0.1) is 36.8 Å². The fourth-order valence-electron chi connectivity index (χ4n) is 3.82. The summed E-state index contributed by atoms with van der Waals surface area (Å²) in [4.78, 5) is 5.31. The molecule has 2 N–H and O–H groups in total. The summed E-state index contributed by atoms with van der Waals surface area (Å²) in [6.45, 7) is 3.91. The van der Waals surface area contributed by atoms with Crippen molar-refractivity contribution in [3.63, 3.8) is 0 Å². The summed E-state index contributed by atoms with van der Waals surface area (Å²) in [5.41, 5.74) is 10.2. The van der Waals surface area contributed by atoms with Crippen LogP contribution in [0.1, 0.15) is 17.7 Å². The molecular formula is C21H22N4O3S. The first-order valence-corrected chi connectivity index (χ1v) is 10.3. The maximum Gasteiger partial charge on any atom is 0.152 e. The minimum absolute atomic E-state index is 0.125. The minimum Gasteiger partial charge on any atom is -0.495 e. The molecule has 0 amide bonds. The van der Waals surface area contributed by atoms with Crippen LogP contribution in [0.3, 0.4) is 0 Å². The molecule has 29 heavy (non-hydrogen) atoms. The molecule has 4 aromatic rings. The van der Waals surface area contributed by atoms with Crippen molar-refractivity contribution in [1.82, 2.24) is 14.6 Å². The van der Waals surface area contributed by atoms with Crippen LogP contribution in [0.4, 0.5) is 5.82 Å². The van der Waals surface area contributed by atoms with Gasteiger partial charge in [0.1, 0.15) is 17.6 Å². The third-order valence-corrected chi connectivity index (χ3v) is 6.42. The second kappa shape index (κ2) is 7.29. The van der Waals surface area contributed by atoms with Crippen LogP contribution in [-0.2, 0) is 16.1 Å². The molecule has 5 rings (SSSR count). The molecule has 0 radical (unpaired) electrons. The number of anilines is 1. The smallest absolute Gasteiger partial charge is 0.152 e. The number of methoxy groups -OCH3 is 1. The third kappa shape index (κ3) is 3.23. The third-order valence-electron chi connectivity index (χ3n) is 5.22. The lowest BCUT2D eigenvalue weighted by Gasteiger charge is -2.09. The van der Waals surface area contributed by atoms with Gasteiger partial charge in [0, 0.05) is 17.0 Å². The molecule has 1 aromatic carbocycles. The average Bonchev–Trinajstić information content (AvgIpc) is 3.44. The number of aryl methyl sites for hydroxylation is 1. The fourth-order valence-corrected chi connectivity index (χ4v) is 4.97. The summed E-state index contributed by atoms with van der Waals surface area (Å²) in [5.74, 6) is 1.33. The number of hydrogen-bond acceptors (Lipinski definition) is 7. The molecule has 0 spiro atoms. The monoisotopic (exact) mass is 410 g/mol. The molecule has 0 aliphatic carbocycles. The van der Waals surface area contributed by atoms with E-state index in [-0.39, 0.29) is 6.10 Å². The van der Waals surface area contributed by atoms with E-state index in [1.807, 2.05) is 4.52 Å². The highest BCUT2D eigenvalue weighted by Crippen LogP contribution is 2.42. The molecular weight excluding hydrogens is 388 g/mol. The van der Waals surface area contributed by atoms with E-state index in [1.54, 1.807) is 18.4 Å². The van der Waals surface area contributed by atoms with Crippen LogP contribution in [0, 0.1) is 6.92 Å². The Morgan fingerprint density at radius 3 is 3.00 bits per heavy atom. The van der Waals surface area contributed by atoms with Crippen LogP contribution in [0.15, 0.2) is 30.6 Å². The predicted octanol–water partition coefficient (Wildman–Crippen LogP) is 3.82. The lowest BCUT2D eigenvalue weighted by atomic mass is 10.1. The van der Waals surface area contributed by atoms with Crippen LogP contribution in [0.25, 0.3) is 26.0 Å². The first-order chi connectivity index (χ1) is 14.1. The summed E-state index contributed by atoms with van der Waals surface area (Å²) >= 11 is 1.68. The number of thiophene rings is 1. The highest BCUT2D eigenvalue weighted by atomic mass is 32.1. The number of nitrogen functional groups attached to an aromatic ring is 1. The number of nitrogens with zero attached hydrogens (tertiary/aromatic N) is 3. The average molecular weight is 410 g/mol. The van der Waals surface area contributed by atoms with Crippen LogP contribution in [0.5, 0.6) is 5.75 Å². The molecule has 1 saturated heterocycles. The zero-order valence-corrected chi connectivity index (χ0v) is 17.2. The largest absolute Gasteiger partial charge is 0.495 e. The van der Waals surface area contributed by atoms with Crippen molar-refractivity contribution in [3.05, 3.63) is 41.9 Å². The van der Waals surface area contributed by atoms with Crippen molar-refractivity contribution < 1.29 is 14.2 Å². The molecule has 0 saturated carbocycles. The Balaban J connectivity index is 1.62. The lowest BCUT2D eigenvalue weighted by molar-refractivity contribution is 0.0295. The summed E-state index contributed by atoms with van der Waals surface area (Å²) in [5, 5.41) is 5.58. The van der Waals surface area contributed by atoms with Gasteiger partial charge in [-0.3, -0.25) is 0 Å². The molecule has 0 bridgehead atoms. The van der Waals surface area contributed by atoms with Gasteiger partial charge in [0.15, 0.2) is 5.82 Å². The van der Waals surface area contributed by atoms with Crippen LogP contribution >= 0.6 is 11.3 Å². The second-order valence-corrected chi connectivity index (χ2v) is 8.30. The van der Waals surface area contributed by atoms with Crippen LogP contribution < -0.4 is 10.5 Å². The lowest BCUT2D eigenvalue weighted by Crippen LogP contribution is -2.13. The zero-order chi connectivity index (χ0) is 20.0. The second-order valence-electron chi connectivity index (χ2n) is 7.25. The quantitative estimate of drug-likeness (QED) is 0.539. The summed E-state index contributed by atoms with van der Waals surface area (Å²) in [6.07, 6.45) is 2.52. The Bertz CT molecular complexity index is 1190. The van der Waals surface area contributed by atoms with Crippen LogP contribution in [-0.4, -0.2) is 41.0 Å². The summed E-state index contributed by atoms with van der Waals surface area (Å²) in [6, 6.07) is 8.49. The Hall–Kier alpha value is -2.68. The van der Waals surface area contributed by atoms with Crippen molar-refractivity contribution in [3.8, 4) is 16.2 Å². The van der Waals surface area contributed by atoms with Gasteiger partial charge < -0.3 is 19.9 Å². The van der Waals surface area contributed by atoms with Gasteiger partial charge >= 0.3 is 0 Å². The Morgan fingerprint density at radius 2 is 2.21 bits per heavy atom. The molecule has 1 fully saturated rings. The normalized spacial score (nSPS) is 16.8. The standard InChI is InChI=1S/C21H22N4O3S/c1-12-5-13-7-18(29-20(13)17(6-12)26-2)16-8-14(9-28-15-3-4-27-10-15)25-19(16)21(22)23-11-24-25/h5-8,11,15H,3-4,9-10H2,1-2H3,(H2,22,23,24). The van der Waals surface area contributed by atoms with E-state index in [1.165, 1.54) is 6.33 Å². The molecule has 3 aromatic heterocycles. The van der Waals surface area contributed by atoms with E-state index in [9.17, 15) is 0 Å². The van der Waals surface area contributed by atoms with E-state index in [0.29, 0.717) is 19.0 Å². The van der Waals surface area contributed by atoms with Crippen molar-refractivity contribution >= 4 is 32.8 Å². The van der Waals surface area contributed by atoms with Crippen molar-refractivity contribution in [1.29, 1.82) is 0 Å². The first kappa shape index (κ1) is 18.4.